The van der Waals surface area contributed by atoms with Crippen LogP contribution in [0.15, 0.2) is 35.1 Å². The van der Waals surface area contributed by atoms with E-state index in [2.05, 4.69) is 27.2 Å². The summed E-state index contributed by atoms with van der Waals surface area (Å²) >= 11 is 1.34. The lowest BCUT2D eigenvalue weighted by atomic mass is 10.0. The first-order valence-corrected chi connectivity index (χ1v) is 10.4. The van der Waals surface area contributed by atoms with Crippen LogP contribution in [-0.2, 0) is 6.54 Å². The molecule has 0 unspecified atom stereocenters. The molecule has 1 fully saturated rings. The Kier molecular flexibility index (Phi) is 5.48. The molecule has 1 aliphatic rings. The predicted molar refractivity (Wildman–Crippen MR) is 112 cm³/mol. The molecule has 8 nitrogen and oxygen atoms in total. The number of carbonyl (C=O) groups excluding carboxylic acids is 1. The van der Waals surface area contributed by atoms with Crippen LogP contribution < -0.4 is 20.5 Å². The zero-order chi connectivity index (χ0) is 20.4. The number of rotatable bonds is 5. The summed E-state index contributed by atoms with van der Waals surface area (Å²) in [6.45, 7) is 4.38. The molecular weight excluding hydrogens is 390 g/mol. The maximum atomic E-state index is 12.8. The molecule has 3 aromatic rings. The number of carbonyl (C=O) groups is 1. The normalized spacial score (nSPS) is 16.8. The first-order valence-electron chi connectivity index (χ1n) is 9.60. The van der Waals surface area contributed by atoms with Gasteiger partial charge in [0.25, 0.3) is 11.5 Å². The lowest BCUT2D eigenvalue weighted by Crippen LogP contribution is -2.34. The quantitative estimate of drug-likeness (QED) is 0.691. The molecule has 1 amide bonds. The fourth-order valence-corrected chi connectivity index (χ4v) is 4.46. The van der Waals surface area contributed by atoms with Gasteiger partial charge in [-0.05, 0) is 36.5 Å². The van der Waals surface area contributed by atoms with Crippen LogP contribution >= 0.6 is 11.3 Å². The average Bonchev–Trinajstić information content (AvgIpc) is 3.15. The standard InChI is InChI=1S/C20H23N5O3S/c1-13-5-4-8-24(12-13)20-23-25-16(10-17(26)22-19(25)29-20)18(27)21-11-14-6-3-7-15(9-14)28-2/h3,6-7,9-10,13H,4-5,8,11-12H2,1-2H3,(H,21,27)/t13-/m1/s1. The summed E-state index contributed by atoms with van der Waals surface area (Å²) in [5.74, 6) is 0.944. The van der Waals surface area contributed by atoms with Crippen LogP contribution in [-0.4, -0.2) is 40.7 Å². The molecular formula is C20H23N5O3S. The molecule has 1 saturated heterocycles. The van der Waals surface area contributed by atoms with Gasteiger partial charge < -0.3 is 15.0 Å². The van der Waals surface area contributed by atoms with Crippen LogP contribution in [0.4, 0.5) is 5.13 Å². The summed E-state index contributed by atoms with van der Waals surface area (Å²) in [5, 5.41) is 8.23. The molecule has 4 rings (SSSR count). The highest BCUT2D eigenvalue weighted by atomic mass is 32.1. The molecule has 1 aliphatic heterocycles. The SMILES string of the molecule is COc1cccc(CNC(=O)c2cc(=O)nc3sc(N4CCC[C@@H](C)C4)nn23)c1. The molecule has 0 radical (unpaired) electrons. The van der Waals surface area contributed by atoms with Crippen LogP contribution in [0.25, 0.3) is 4.96 Å². The highest BCUT2D eigenvalue weighted by molar-refractivity contribution is 7.20. The lowest BCUT2D eigenvalue weighted by molar-refractivity contribution is 0.0943. The summed E-state index contributed by atoms with van der Waals surface area (Å²) < 4.78 is 6.68. The van der Waals surface area contributed by atoms with Crippen molar-refractivity contribution in [1.82, 2.24) is 19.9 Å². The summed E-state index contributed by atoms with van der Waals surface area (Å²) in [7, 11) is 1.60. The van der Waals surface area contributed by atoms with Gasteiger partial charge in [-0.25, -0.2) is 0 Å². The van der Waals surface area contributed by atoms with Crippen molar-refractivity contribution >= 4 is 27.3 Å². The summed E-state index contributed by atoms with van der Waals surface area (Å²) in [5.41, 5.74) is 0.644. The predicted octanol–water partition coefficient (Wildman–Crippen LogP) is 2.33. The van der Waals surface area contributed by atoms with Crippen LogP contribution in [0.5, 0.6) is 5.75 Å². The fraction of sp³-hybridized carbons (Fsp3) is 0.400. The van der Waals surface area contributed by atoms with Gasteiger partial charge in [-0.2, -0.15) is 9.50 Å². The van der Waals surface area contributed by atoms with Crippen molar-refractivity contribution in [2.24, 2.45) is 5.92 Å². The maximum absolute atomic E-state index is 12.8. The molecule has 0 aliphatic carbocycles. The second kappa shape index (κ2) is 8.20. The van der Waals surface area contributed by atoms with Gasteiger partial charge in [0.05, 0.1) is 7.11 Å². The smallest absolute Gasteiger partial charge is 0.274 e. The molecule has 1 N–H and O–H groups in total. The minimum absolute atomic E-state index is 0.190. The van der Waals surface area contributed by atoms with Gasteiger partial charge in [-0.3, -0.25) is 9.59 Å². The van der Waals surface area contributed by atoms with E-state index >= 15 is 0 Å². The van der Waals surface area contributed by atoms with Crippen LogP contribution in [0.1, 0.15) is 35.8 Å². The summed E-state index contributed by atoms with van der Waals surface area (Å²) in [6.07, 6.45) is 2.31. The van der Waals surface area contributed by atoms with Crippen molar-refractivity contribution in [2.75, 3.05) is 25.1 Å². The lowest BCUT2D eigenvalue weighted by Gasteiger charge is -2.30. The van der Waals surface area contributed by atoms with Gasteiger partial charge in [-0.15, -0.1) is 5.10 Å². The average molecular weight is 414 g/mol. The minimum atomic E-state index is -0.446. The van der Waals surface area contributed by atoms with E-state index in [-0.39, 0.29) is 11.6 Å². The molecule has 0 spiro atoms. The van der Waals surface area contributed by atoms with E-state index in [9.17, 15) is 9.59 Å². The van der Waals surface area contributed by atoms with Gasteiger partial charge in [-0.1, -0.05) is 30.4 Å². The van der Waals surface area contributed by atoms with Crippen molar-refractivity contribution in [3.8, 4) is 5.75 Å². The second-order valence-corrected chi connectivity index (χ2v) is 8.22. The zero-order valence-corrected chi connectivity index (χ0v) is 17.2. The number of hydrogen-bond acceptors (Lipinski definition) is 7. The summed E-state index contributed by atoms with van der Waals surface area (Å²) in [4.78, 5) is 31.5. The Labute approximate surface area is 172 Å². The van der Waals surface area contributed by atoms with Crippen LogP contribution in [0.2, 0.25) is 0 Å². The molecule has 152 valence electrons. The van der Waals surface area contributed by atoms with Gasteiger partial charge in [0.1, 0.15) is 11.4 Å². The number of hydrogen-bond donors (Lipinski definition) is 1. The van der Waals surface area contributed by atoms with E-state index in [1.54, 1.807) is 7.11 Å². The largest absolute Gasteiger partial charge is 0.497 e. The van der Waals surface area contributed by atoms with E-state index in [0.717, 1.165) is 36.0 Å². The Morgan fingerprint density at radius 3 is 3.03 bits per heavy atom. The molecule has 0 saturated carbocycles. The Morgan fingerprint density at radius 1 is 1.38 bits per heavy atom. The number of piperidine rings is 1. The van der Waals surface area contributed by atoms with E-state index in [1.807, 2.05) is 24.3 Å². The maximum Gasteiger partial charge on any atom is 0.274 e. The summed E-state index contributed by atoms with van der Waals surface area (Å²) in [6, 6.07) is 8.69. The molecule has 0 bridgehead atoms. The Hall–Kier alpha value is -2.94. The van der Waals surface area contributed by atoms with E-state index in [4.69, 9.17) is 4.74 Å². The molecule has 9 heteroatoms. The first kappa shape index (κ1) is 19.4. The fourth-order valence-electron chi connectivity index (χ4n) is 3.51. The van der Waals surface area contributed by atoms with Gasteiger partial charge in [0, 0.05) is 25.7 Å². The third kappa shape index (κ3) is 4.24. The third-order valence-electron chi connectivity index (χ3n) is 4.99. The number of methoxy groups -OCH3 is 1. The number of aromatic nitrogens is 3. The van der Waals surface area contributed by atoms with Crippen molar-refractivity contribution in [3.05, 3.63) is 51.9 Å². The topological polar surface area (TPSA) is 88.8 Å². The molecule has 3 heterocycles. The monoisotopic (exact) mass is 413 g/mol. The Balaban J connectivity index is 1.58. The number of anilines is 1. The zero-order valence-electron chi connectivity index (χ0n) is 16.4. The van der Waals surface area contributed by atoms with Gasteiger partial charge in [0.15, 0.2) is 0 Å². The number of ether oxygens (including phenoxy) is 1. The Morgan fingerprint density at radius 2 is 2.24 bits per heavy atom. The number of amides is 1. The first-order chi connectivity index (χ1) is 14.0. The van der Waals surface area contributed by atoms with Crippen molar-refractivity contribution < 1.29 is 9.53 Å². The highest BCUT2D eigenvalue weighted by Crippen LogP contribution is 2.27. The van der Waals surface area contributed by atoms with Gasteiger partial charge in [0.2, 0.25) is 10.1 Å². The van der Waals surface area contributed by atoms with E-state index < -0.39 is 5.56 Å². The number of nitrogens with one attached hydrogen (secondary N) is 1. The number of fused-ring (bicyclic) bond motifs is 1. The van der Waals surface area contributed by atoms with Crippen molar-refractivity contribution in [1.29, 1.82) is 0 Å². The highest BCUT2D eigenvalue weighted by Gasteiger charge is 2.22. The van der Waals surface area contributed by atoms with Crippen molar-refractivity contribution in [2.45, 2.75) is 26.3 Å². The van der Waals surface area contributed by atoms with Crippen LogP contribution in [0, 0.1) is 5.92 Å². The third-order valence-corrected chi connectivity index (χ3v) is 5.96. The van der Waals surface area contributed by atoms with Crippen LogP contribution in [0.3, 0.4) is 0 Å². The number of nitrogens with zero attached hydrogens (tertiary/aromatic N) is 4. The molecule has 1 aromatic carbocycles. The molecule has 2 aromatic heterocycles. The molecule has 29 heavy (non-hydrogen) atoms. The van der Waals surface area contributed by atoms with Crippen molar-refractivity contribution in [3.63, 3.8) is 0 Å². The number of benzene rings is 1. The van der Waals surface area contributed by atoms with E-state index in [1.165, 1.54) is 28.3 Å². The molecule has 1 atom stereocenters. The van der Waals surface area contributed by atoms with Gasteiger partial charge >= 0.3 is 0 Å². The Bertz CT molecular complexity index is 1090. The second-order valence-electron chi connectivity index (χ2n) is 7.29. The van der Waals surface area contributed by atoms with E-state index in [0.29, 0.717) is 17.4 Å². The minimum Gasteiger partial charge on any atom is -0.497 e.